The number of rotatable bonds is 0. The number of carbonyl (C=O) groups excluding carboxylic acids is 1. The smallest absolute Gasteiger partial charge is 0.222 e. The maximum atomic E-state index is 10.5. The lowest BCUT2D eigenvalue weighted by atomic mass is 10.4. The molecule has 0 atom stereocenters. The Kier molecular flexibility index (Phi) is 4.08. The fourth-order valence-electron chi connectivity index (χ4n) is 1.29. The summed E-state index contributed by atoms with van der Waals surface area (Å²) < 4.78 is 4.94. The highest BCUT2D eigenvalue weighted by Gasteiger charge is 2.14. The van der Waals surface area contributed by atoms with Crippen LogP contribution >= 0.6 is 0 Å². The quantitative estimate of drug-likeness (QED) is 0.545. The SMILES string of the molecule is C1CCOC1.CN1CCCC1=O. The third kappa shape index (κ3) is 3.22. The normalized spacial score (nSPS) is 22.4. The van der Waals surface area contributed by atoms with Crippen LogP contribution in [0, 0.1) is 0 Å². The zero-order valence-electron chi connectivity index (χ0n) is 7.71. The molecule has 2 heterocycles. The van der Waals surface area contributed by atoms with Crippen molar-refractivity contribution in [2.45, 2.75) is 25.7 Å². The lowest BCUT2D eigenvalue weighted by Crippen LogP contribution is -2.17. The van der Waals surface area contributed by atoms with Crippen molar-refractivity contribution in [1.29, 1.82) is 0 Å². The van der Waals surface area contributed by atoms with Crippen LogP contribution in [0.25, 0.3) is 0 Å². The standard InChI is InChI=1S/C5H9NO.C4H8O/c1-6-4-2-3-5(6)7;1-2-4-5-3-1/h2-4H2,1H3;1-4H2. The van der Waals surface area contributed by atoms with E-state index in [1.807, 2.05) is 7.05 Å². The highest BCUT2D eigenvalue weighted by molar-refractivity contribution is 5.77. The molecule has 1 amide bonds. The van der Waals surface area contributed by atoms with Gasteiger partial charge in [-0.2, -0.15) is 0 Å². The van der Waals surface area contributed by atoms with E-state index in [-0.39, 0.29) is 0 Å². The Morgan fingerprint density at radius 1 is 1.25 bits per heavy atom. The van der Waals surface area contributed by atoms with E-state index in [2.05, 4.69) is 0 Å². The van der Waals surface area contributed by atoms with E-state index in [1.54, 1.807) is 4.90 Å². The zero-order valence-corrected chi connectivity index (χ0v) is 7.71. The fraction of sp³-hybridized carbons (Fsp3) is 0.889. The van der Waals surface area contributed by atoms with Crippen molar-refractivity contribution in [1.82, 2.24) is 4.90 Å². The minimum Gasteiger partial charge on any atom is -0.381 e. The molecule has 2 rings (SSSR count). The summed E-state index contributed by atoms with van der Waals surface area (Å²) in [6, 6.07) is 0. The van der Waals surface area contributed by atoms with Crippen molar-refractivity contribution in [2.24, 2.45) is 0 Å². The van der Waals surface area contributed by atoms with Crippen LogP contribution in [0.1, 0.15) is 25.7 Å². The van der Waals surface area contributed by atoms with Crippen molar-refractivity contribution in [3.8, 4) is 0 Å². The first kappa shape index (κ1) is 9.52. The van der Waals surface area contributed by atoms with Gasteiger partial charge in [0.05, 0.1) is 0 Å². The number of hydrogen-bond acceptors (Lipinski definition) is 2. The number of likely N-dealkylation sites (tertiary alicyclic amines) is 1. The Bertz CT molecular complexity index is 136. The average molecular weight is 171 g/mol. The minimum atomic E-state index is 0.292. The molecule has 2 aliphatic heterocycles. The van der Waals surface area contributed by atoms with Crippen LogP contribution < -0.4 is 0 Å². The summed E-state index contributed by atoms with van der Waals surface area (Å²) in [6.45, 7) is 2.96. The third-order valence-corrected chi connectivity index (χ3v) is 2.14. The van der Waals surface area contributed by atoms with E-state index < -0.39 is 0 Å². The van der Waals surface area contributed by atoms with E-state index in [0.717, 1.165) is 32.6 Å². The predicted octanol–water partition coefficient (Wildman–Crippen LogP) is 1.04. The summed E-state index contributed by atoms with van der Waals surface area (Å²) in [5.74, 6) is 0.292. The van der Waals surface area contributed by atoms with E-state index >= 15 is 0 Å². The summed E-state index contributed by atoms with van der Waals surface area (Å²) in [5, 5.41) is 0. The Labute approximate surface area is 73.7 Å². The first-order chi connectivity index (χ1) is 5.80. The molecule has 2 aliphatic rings. The molecule has 0 aromatic carbocycles. The van der Waals surface area contributed by atoms with Crippen molar-refractivity contribution in [3.05, 3.63) is 0 Å². The molecule has 2 fully saturated rings. The Hall–Kier alpha value is -0.570. The van der Waals surface area contributed by atoms with Crippen LogP contribution in [0.3, 0.4) is 0 Å². The van der Waals surface area contributed by atoms with Crippen molar-refractivity contribution >= 4 is 5.91 Å². The maximum absolute atomic E-state index is 10.5. The third-order valence-electron chi connectivity index (χ3n) is 2.14. The molecular weight excluding hydrogens is 154 g/mol. The van der Waals surface area contributed by atoms with Crippen molar-refractivity contribution in [3.63, 3.8) is 0 Å². The summed E-state index contributed by atoms with van der Waals surface area (Å²) in [4.78, 5) is 12.3. The molecule has 0 aromatic heterocycles. The molecule has 0 saturated carbocycles. The van der Waals surface area contributed by atoms with Crippen LogP contribution in [0.2, 0.25) is 0 Å². The Morgan fingerprint density at radius 2 is 1.92 bits per heavy atom. The summed E-state index contributed by atoms with van der Waals surface area (Å²) >= 11 is 0. The van der Waals surface area contributed by atoms with Gasteiger partial charge in [-0.1, -0.05) is 0 Å². The molecule has 3 nitrogen and oxygen atoms in total. The number of ether oxygens (including phenoxy) is 1. The van der Waals surface area contributed by atoms with E-state index in [0.29, 0.717) is 5.91 Å². The molecule has 0 spiro atoms. The highest BCUT2D eigenvalue weighted by atomic mass is 16.5. The summed E-state index contributed by atoms with van der Waals surface area (Å²) in [5.41, 5.74) is 0. The predicted molar refractivity (Wildman–Crippen MR) is 46.9 cm³/mol. The minimum absolute atomic E-state index is 0.292. The van der Waals surface area contributed by atoms with Crippen molar-refractivity contribution < 1.29 is 9.53 Å². The molecular formula is C9H17NO2. The highest BCUT2D eigenvalue weighted by Crippen LogP contribution is 2.04. The molecule has 0 N–H and O–H groups in total. The van der Waals surface area contributed by atoms with Gasteiger partial charge in [0.2, 0.25) is 5.91 Å². The van der Waals surface area contributed by atoms with Crippen LogP contribution in [0.4, 0.5) is 0 Å². The van der Waals surface area contributed by atoms with E-state index in [4.69, 9.17) is 4.74 Å². The number of carbonyl (C=O) groups is 1. The van der Waals surface area contributed by atoms with Gasteiger partial charge in [-0.05, 0) is 19.3 Å². The first-order valence-electron chi connectivity index (χ1n) is 4.62. The molecule has 3 heteroatoms. The summed E-state index contributed by atoms with van der Waals surface area (Å²) in [6.07, 6.45) is 4.37. The zero-order chi connectivity index (χ0) is 8.81. The molecule has 0 aliphatic carbocycles. The van der Waals surface area contributed by atoms with E-state index in [1.165, 1.54) is 12.8 Å². The van der Waals surface area contributed by atoms with Crippen LogP contribution in [0.15, 0.2) is 0 Å². The lowest BCUT2D eigenvalue weighted by Gasteiger charge is -2.03. The first-order valence-corrected chi connectivity index (χ1v) is 4.62. The largest absolute Gasteiger partial charge is 0.381 e. The van der Waals surface area contributed by atoms with Gasteiger partial charge >= 0.3 is 0 Å². The number of amides is 1. The number of nitrogens with zero attached hydrogens (tertiary/aromatic N) is 1. The lowest BCUT2D eigenvalue weighted by molar-refractivity contribution is -0.126. The maximum Gasteiger partial charge on any atom is 0.222 e. The molecule has 0 bridgehead atoms. The second-order valence-corrected chi connectivity index (χ2v) is 3.24. The second-order valence-electron chi connectivity index (χ2n) is 3.24. The van der Waals surface area contributed by atoms with Crippen molar-refractivity contribution in [2.75, 3.05) is 26.8 Å². The fourth-order valence-corrected chi connectivity index (χ4v) is 1.29. The van der Waals surface area contributed by atoms with Crippen LogP contribution in [-0.2, 0) is 9.53 Å². The monoisotopic (exact) mass is 171 g/mol. The van der Waals surface area contributed by atoms with Crippen LogP contribution in [-0.4, -0.2) is 37.6 Å². The van der Waals surface area contributed by atoms with Crippen LogP contribution in [0.5, 0.6) is 0 Å². The molecule has 0 aromatic rings. The topological polar surface area (TPSA) is 29.5 Å². The Balaban J connectivity index is 0.000000127. The Morgan fingerprint density at radius 3 is 2.08 bits per heavy atom. The average Bonchev–Trinajstić information content (AvgIpc) is 2.67. The molecule has 0 radical (unpaired) electrons. The van der Waals surface area contributed by atoms with Gasteiger partial charge in [-0.15, -0.1) is 0 Å². The summed E-state index contributed by atoms with van der Waals surface area (Å²) in [7, 11) is 1.84. The van der Waals surface area contributed by atoms with Gasteiger partial charge in [0, 0.05) is 33.2 Å². The van der Waals surface area contributed by atoms with Gasteiger partial charge in [-0.3, -0.25) is 4.79 Å². The van der Waals surface area contributed by atoms with Gasteiger partial charge < -0.3 is 9.64 Å². The molecule has 12 heavy (non-hydrogen) atoms. The number of hydrogen-bond donors (Lipinski definition) is 0. The van der Waals surface area contributed by atoms with Gasteiger partial charge in [0.15, 0.2) is 0 Å². The van der Waals surface area contributed by atoms with E-state index in [9.17, 15) is 4.79 Å². The molecule has 70 valence electrons. The molecule has 0 unspecified atom stereocenters. The van der Waals surface area contributed by atoms with Gasteiger partial charge in [0.25, 0.3) is 0 Å². The second kappa shape index (κ2) is 5.14. The molecule has 2 saturated heterocycles. The van der Waals surface area contributed by atoms with Gasteiger partial charge in [0.1, 0.15) is 0 Å². The van der Waals surface area contributed by atoms with Gasteiger partial charge in [-0.25, -0.2) is 0 Å².